The number of hydrazine groups is 1. The number of hydrogen-bond donors (Lipinski definition) is 1. The summed E-state index contributed by atoms with van der Waals surface area (Å²) in [4.78, 5) is 31.8. The molecule has 1 aliphatic heterocycles. The zero-order valence-corrected chi connectivity index (χ0v) is 18.8. The number of nitrogens with one attached hydrogen (secondary N) is 1. The molecule has 2 heterocycles. The van der Waals surface area contributed by atoms with Crippen LogP contribution in [0.15, 0.2) is 36.5 Å². The molecule has 2 amide bonds. The Kier molecular flexibility index (Phi) is 7.99. The molecule has 0 radical (unpaired) electrons. The number of hydrogen-bond acceptors (Lipinski definition) is 6. The zero-order chi connectivity index (χ0) is 23.1. The van der Waals surface area contributed by atoms with Crippen molar-refractivity contribution in [3.63, 3.8) is 0 Å². The number of halogens is 1. The first kappa shape index (κ1) is 23.5. The minimum atomic E-state index is -0.496. The number of rotatable bonds is 8. The van der Waals surface area contributed by atoms with E-state index in [1.807, 2.05) is 19.9 Å². The van der Waals surface area contributed by atoms with Gasteiger partial charge in [0.05, 0.1) is 19.0 Å². The standard InChI is InChI=1S/C23H30FN5O3/c1-4-28(23(31)32-3)20-9-11-27(12-10-20)15-18-6-8-21(24)22(13-18)29(16-30)26-19-7-5-17(2)25-14-19/h5-8,13-14,16,20,26H,4,9-12,15H2,1-3H3. The van der Waals surface area contributed by atoms with Crippen LogP contribution in [0.4, 0.5) is 20.6 Å². The van der Waals surface area contributed by atoms with Gasteiger partial charge in [0, 0.05) is 37.9 Å². The van der Waals surface area contributed by atoms with Gasteiger partial charge in [0.2, 0.25) is 6.41 Å². The lowest BCUT2D eigenvalue weighted by Gasteiger charge is -2.37. The third kappa shape index (κ3) is 5.73. The van der Waals surface area contributed by atoms with Gasteiger partial charge in [-0.2, -0.15) is 0 Å². The van der Waals surface area contributed by atoms with Crippen molar-refractivity contribution in [2.24, 2.45) is 0 Å². The van der Waals surface area contributed by atoms with Gasteiger partial charge in [0.1, 0.15) is 11.5 Å². The fourth-order valence-electron chi connectivity index (χ4n) is 3.96. The monoisotopic (exact) mass is 443 g/mol. The van der Waals surface area contributed by atoms with Gasteiger partial charge < -0.3 is 9.64 Å². The van der Waals surface area contributed by atoms with Crippen LogP contribution in [0.2, 0.25) is 0 Å². The Morgan fingerprint density at radius 2 is 2.06 bits per heavy atom. The number of methoxy groups -OCH3 is 1. The summed E-state index contributed by atoms with van der Waals surface area (Å²) in [6.45, 7) is 6.68. The maximum absolute atomic E-state index is 14.5. The van der Waals surface area contributed by atoms with Crippen molar-refractivity contribution in [3.05, 3.63) is 53.6 Å². The smallest absolute Gasteiger partial charge is 0.409 e. The fraction of sp³-hybridized carbons (Fsp3) is 0.435. The lowest BCUT2D eigenvalue weighted by atomic mass is 10.0. The summed E-state index contributed by atoms with van der Waals surface area (Å²) in [5, 5.41) is 1.12. The molecule has 1 aromatic carbocycles. The van der Waals surface area contributed by atoms with E-state index < -0.39 is 5.82 Å². The molecule has 1 saturated heterocycles. The van der Waals surface area contributed by atoms with E-state index >= 15 is 0 Å². The van der Waals surface area contributed by atoms with E-state index in [4.69, 9.17) is 4.74 Å². The summed E-state index contributed by atoms with van der Waals surface area (Å²) in [5.41, 5.74) is 5.36. The quantitative estimate of drug-likeness (QED) is 0.496. The second kappa shape index (κ2) is 10.9. The third-order valence-corrected chi connectivity index (χ3v) is 5.69. The molecule has 0 aliphatic carbocycles. The molecule has 3 rings (SSSR count). The van der Waals surface area contributed by atoms with E-state index in [2.05, 4.69) is 15.3 Å². The number of piperidine rings is 1. The lowest BCUT2D eigenvalue weighted by Crippen LogP contribution is -2.47. The van der Waals surface area contributed by atoms with E-state index in [9.17, 15) is 14.0 Å². The lowest BCUT2D eigenvalue weighted by molar-refractivity contribution is -0.107. The number of carbonyl (C=O) groups excluding carboxylic acids is 2. The topological polar surface area (TPSA) is 78.0 Å². The molecule has 2 aromatic rings. The van der Waals surface area contributed by atoms with Gasteiger partial charge in [-0.1, -0.05) is 6.07 Å². The Labute approximate surface area is 187 Å². The molecule has 172 valence electrons. The largest absolute Gasteiger partial charge is 0.453 e. The van der Waals surface area contributed by atoms with Gasteiger partial charge in [0.25, 0.3) is 0 Å². The molecule has 1 fully saturated rings. The molecule has 1 aromatic heterocycles. The molecule has 0 spiro atoms. The molecular weight excluding hydrogens is 413 g/mol. The Morgan fingerprint density at radius 1 is 1.31 bits per heavy atom. The molecular formula is C23H30FN5O3. The van der Waals surface area contributed by atoms with Gasteiger partial charge in [-0.25, -0.2) is 14.2 Å². The van der Waals surface area contributed by atoms with Gasteiger partial charge in [0.15, 0.2) is 0 Å². The van der Waals surface area contributed by atoms with Crippen LogP contribution in [-0.2, 0) is 16.1 Å². The van der Waals surface area contributed by atoms with Crippen molar-refractivity contribution in [1.29, 1.82) is 0 Å². The maximum Gasteiger partial charge on any atom is 0.409 e. The highest BCUT2D eigenvalue weighted by Gasteiger charge is 2.27. The van der Waals surface area contributed by atoms with Crippen molar-refractivity contribution in [2.75, 3.05) is 37.2 Å². The van der Waals surface area contributed by atoms with E-state index in [1.165, 1.54) is 13.2 Å². The Bertz CT molecular complexity index is 916. The Hall–Kier alpha value is -3.20. The van der Waals surface area contributed by atoms with E-state index in [0.717, 1.165) is 42.2 Å². The predicted octanol–water partition coefficient (Wildman–Crippen LogP) is 3.57. The molecule has 0 bridgehead atoms. The second-order valence-corrected chi connectivity index (χ2v) is 7.82. The highest BCUT2D eigenvalue weighted by molar-refractivity contribution is 5.79. The molecule has 8 nitrogen and oxygen atoms in total. The SMILES string of the molecule is CCN(C(=O)OC)C1CCN(Cc2ccc(F)c(N(C=O)Nc3ccc(C)nc3)c2)CC1. The van der Waals surface area contributed by atoms with Gasteiger partial charge in [-0.15, -0.1) is 0 Å². The van der Waals surface area contributed by atoms with Crippen molar-refractivity contribution < 1.29 is 18.7 Å². The summed E-state index contributed by atoms with van der Waals surface area (Å²) in [7, 11) is 1.40. The number of ether oxygens (including phenoxy) is 1. The number of anilines is 2. The van der Waals surface area contributed by atoms with Gasteiger partial charge >= 0.3 is 6.09 Å². The van der Waals surface area contributed by atoms with E-state index in [0.29, 0.717) is 25.2 Å². The first-order valence-corrected chi connectivity index (χ1v) is 10.7. The van der Waals surface area contributed by atoms with Crippen molar-refractivity contribution >= 4 is 23.9 Å². The van der Waals surface area contributed by atoms with Crippen LogP contribution in [0, 0.1) is 12.7 Å². The average Bonchev–Trinajstić information content (AvgIpc) is 2.81. The molecule has 1 N–H and O–H groups in total. The first-order valence-electron chi connectivity index (χ1n) is 10.7. The highest BCUT2D eigenvalue weighted by atomic mass is 19.1. The van der Waals surface area contributed by atoms with Gasteiger partial charge in [-0.3, -0.25) is 20.1 Å². The molecule has 0 atom stereocenters. The number of amides is 2. The minimum Gasteiger partial charge on any atom is -0.453 e. The highest BCUT2D eigenvalue weighted by Crippen LogP contribution is 2.24. The van der Waals surface area contributed by atoms with Crippen molar-refractivity contribution in [1.82, 2.24) is 14.8 Å². The van der Waals surface area contributed by atoms with Crippen LogP contribution in [0.3, 0.4) is 0 Å². The van der Waals surface area contributed by atoms with Crippen LogP contribution in [0.5, 0.6) is 0 Å². The maximum atomic E-state index is 14.5. The van der Waals surface area contributed by atoms with Crippen molar-refractivity contribution in [3.8, 4) is 0 Å². The van der Waals surface area contributed by atoms with Crippen LogP contribution < -0.4 is 10.4 Å². The molecule has 9 heteroatoms. The van der Waals surface area contributed by atoms with Gasteiger partial charge in [-0.05, 0) is 56.5 Å². The number of aryl methyl sites for hydroxylation is 1. The van der Waals surface area contributed by atoms with E-state index in [-0.39, 0.29) is 17.8 Å². The number of nitrogens with zero attached hydrogens (tertiary/aromatic N) is 4. The van der Waals surface area contributed by atoms with Crippen LogP contribution in [-0.4, -0.2) is 60.1 Å². The van der Waals surface area contributed by atoms with E-state index in [1.54, 1.807) is 29.3 Å². The summed E-state index contributed by atoms with van der Waals surface area (Å²) in [6.07, 6.45) is 3.53. The van der Waals surface area contributed by atoms with Crippen LogP contribution in [0.1, 0.15) is 31.0 Å². The number of benzene rings is 1. The second-order valence-electron chi connectivity index (χ2n) is 7.82. The summed E-state index contributed by atoms with van der Waals surface area (Å²) in [6, 6.07) is 8.52. The third-order valence-electron chi connectivity index (χ3n) is 5.69. The zero-order valence-electron chi connectivity index (χ0n) is 18.8. The average molecular weight is 444 g/mol. The number of pyridine rings is 1. The normalized spacial score (nSPS) is 14.6. The number of likely N-dealkylation sites (tertiary alicyclic amines) is 1. The summed E-state index contributed by atoms with van der Waals surface area (Å²) in [5.74, 6) is -0.496. The van der Waals surface area contributed by atoms with Crippen LogP contribution >= 0.6 is 0 Å². The summed E-state index contributed by atoms with van der Waals surface area (Å²) < 4.78 is 19.4. The van der Waals surface area contributed by atoms with Crippen molar-refractivity contribution in [2.45, 2.75) is 39.3 Å². The number of aromatic nitrogens is 1. The molecule has 1 aliphatic rings. The Morgan fingerprint density at radius 3 is 2.66 bits per heavy atom. The van der Waals surface area contributed by atoms with Crippen LogP contribution in [0.25, 0.3) is 0 Å². The molecule has 0 unspecified atom stereocenters. The predicted molar refractivity (Wildman–Crippen MR) is 121 cm³/mol. The first-order chi connectivity index (χ1) is 15.4. The fourth-order valence-corrected chi connectivity index (χ4v) is 3.96. The minimum absolute atomic E-state index is 0.149. The number of carbonyl (C=O) groups is 2. The molecule has 32 heavy (non-hydrogen) atoms. The summed E-state index contributed by atoms with van der Waals surface area (Å²) >= 11 is 0. The molecule has 0 saturated carbocycles. The Balaban J connectivity index is 1.65.